The maximum absolute atomic E-state index is 12.0. The van der Waals surface area contributed by atoms with Crippen molar-refractivity contribution in [3.63, 3.8) is 0 Å². The number of anilines is 1. The zero-order valence-corrected chi connectivity index (χ0v) is 15.4. The second-order valence-corrected chi connectivity index (χ2v) is 5.75. The largest absolute Gasteiger partial charge is 0.493 e. The number of carbonyl (C=O) groups excluding carboxylic acids is 2. The van der Waals surface area contributed by atoms with Gasteiger partial charge in [0.25, 0.3) is 0 Å². The molecule has 1 saturated heterocycles. The molecule has 144 valence electrons. The van der Waals surface area contributed by atoms with Crippen LogP contribution < -0.4 is 20.1 Å². The number of methoxy groups -OCH3 is 3. The first-order chi connectivity index (χ1) is 12.6. The van der Waals surface area contributed by atoms with Crippen LogP contribution in [0.2, 0.25) is 0 Å². The Labute approximate surface area is 153 Å². The smallest absolute Gasteiger partial charge is 0.409 e. The normalized spacial score (nSPS) is 14.5. The number of rotatable bonds is 6. The van der Waals surface area contributed by atoms with Crippen LogP contribution >= 0.6 is 0 Å². The van der Waals surface area contributed by atoms with Crippen LogP contribution in [0.3, 0.4) is 0 Å². The van der Waals surface area contributed by atoms with Gasteiger partial charge in [-0.05, 0) is 12.1 Å². The molecule has 0 unspecified atom stereocenters. The average molecular weight is 366 g/mol. The lowest BCUT2D eigenvalue weighted by molar-refractivity contribution is 0.0916. The molecule has 26 heavy (non-hydrogen) atoms. The summed E-state index contributed by atoms with van der Waals surface area (Å²) < 4.78 is 15.1. The van der Waals surface area contributed by atoms with Crippen molar-refractivity contribution in [1.82, 2.24) is 15.1 Å². The number of benzene rings is 1. The summed E-state index contributed by atoms with van der Waals surface area (Å²) in [5.41, 5.74) is 0.617. The van der Waals surface area contributed by atoms with Gasteiger partial charge in [0.05, 0.1) is 21.3 Å². The number of ether oxygens (including phenoxy) is 3. The van der Waals surface area contributed by atoms with Crippen LogP contribution in [0.4, 0.5) is 15.3 Å². The SMILES string of the molecule is COC(=O)N1CCN(CCNC(=O)Nc2ccc(OC)c(OC)c2)CC1. The zero-order valence-electron chi connectivity index (χ0n) is 15.4. The van der Waals surface area contributed by atoms with Crippen LogP contribution in [0.15, 0.2) is 18.2 Å². The number of piperazine rings is 1. The predicted molar refractivity (Wildman–Crippen MR) is 97.0 cm³/mol. The van der Waals surface area contributed by atoms with Gasteiger partial charge in [-0.25, -0.2) is 9.59 Å². The molecular weight excluding hydrogens is 340 g/mol. The molecule has 0 aliphatic carbocycles. The summed E-state index contributed by atoms with van der Waals surface area (Å²) in [5, 5.41) is 5.58. The van der Waals surface area contributed by atoms with E-state index < -0.39 is 0 Å². The topological polar surface area (TPSA) is 92.4 Å². The highest BCUT2D eigenvalue weighted by molar-refractivity contribution is 5.89. The molecule has 1 aliphatic heterocycles. The summed E-state index contributed by atoms with van der Waals surface area (Å²) in [6, 6.07) is 4.89. The van der Waals surface area contributed by atoms with Gasteiger partial charge in [0.2, 0.25) is 0 Å². The van der Waals surface area contributed by atoms with Crippen LogP contribution in [0, 0.1) is 0 Å². The maximum Gasteiger partial charge on any atom is 0.409 e. The number of amides is 3. The van der Waals surface area contributed by atoms with Gasteiger partial charge in [-0.2, -0.15) is 0 Å². The van der Waals surface area contributed by atoms with Gasteiger partial charge in [-0.3, -0.25) is 4.90 Å². The van der Waals surface area contributed by atoms with Gasteiger partial charge in [0.1, 0.15) is 0 Å². The highest BCUT2D eigenvalue weighted by Crippen LogP contribution is 2.29. The third-order valence-corrected chi connectivity index (χ3v) is 4.16. The molecule has 0 radical (unpaired) electrons. The molecule has 1 aromatic rings. The Balaban J connectivity index is 1.70. The molecule has 0 saturated carbocycles. The molecule has 1 aliphatic rings. The lowest BCUT2D eigenvalue weighted by Crippen LogP contribution is -2.50. The Kier molecular flexibility index (Phi) is 7.34. The highest BCUT2D eigenvalue weighted by Gasteiger charge is 2.21. The fourth-order valence-electron chi connectivity index (χ4n) is 2.70. The minimum Gasteiger partial charge on any atom is -0.493 e. The van der Waals surface area contributed by atoms with Crippen molar-refractivity contribution in [1.29, 1.82) is 0 Å². The van der Waals surface area contributed by atoms with E-state index in [1.54, 1.807) is 37.3 Å². The van der Waals surface area contributed by atoms with Crippen LogP contribution in [0.1, 0.15) is 0 Å². The van der Waals surface area contributed by atoms with E-state index in [1.165, 1.54) is 7.11 Å². The van der Waals surface area contributed by atoms with E-state index in [-0.39, 0.29) is 12.1 Å². The second-order valence-electron chi connectivity index (χ2n) is 5.75. The van der Waals surface area contributed by atoms with Crippen molar-refractivity contribution in [3.8, 4) is 11.5 Å². The fraction of sp³-hybridized carbons (Fsp3) is 0.529. The van der Waals surface area contributed by atoms with Gasteiger partial charge >= 0.3 is 12.1 Å². The molecule has 2 rings (SSSR count). The Morgan fingerprint density at radius 3 is 2.35 bits per heavy atom. The van der Waals surface area contributed by atoms with Gasteiger partial charge in [-0.1, -0.05) is 0 Å². The Morgan fingerprint density at radius 2 is 1.73 bits per heavy atom. The third-order valence-electron chi connectivity index (χ3n) is 4.16. The quantitative estimate of drug-likeness (QED) is 0.786. The number of hydrogen-bond donors (Lipinski definition) is 2. The van der Waals surface area contributed by atoms with E-state index in [1.807, 2.05) is 0 Å². The lowest BCUT2D eigenvalue weighted by Gasteiger charge is -2.33. The van der Waals surface area contributed by atoms with Gasteiger partial charge in [0.15, 0.2) is 11.5 Å². The Morgan fingerprint density at radius 1 is 1.04 bits per heavy atom. The number of urea groups is 1. The van der Waals surface area contributed by atoms with E-state index in [0.717, 1.165) is 13.1 Å². The van der Waals surface area contributed by atoms with Crippen molar-refractivity contribution in [3.05, 3.63) is 18.2 Å². The summed E-state index contributed by atoms with van der Waals surface area (Å²) in [7, 11) is 4.49. The number of nitrogens with one attached hydrogen (secondary N) is 2. The van der Waals surface area contributed by atoms with Crippen molar-refractivity contribution >= 4 is 17.8 Å². The lowest BCUT2D eigenvalue weighted by atomic mass is 10.3. The molecule has 9 nitrogen and oxygen atoms in total. The minimum absolute atomic E-state index is 0.287. The first-order valence-corrected chi connectivity index (χ1v) is 8.39. The number of carbonyl (C=O) groups is 2. The molecule has 2 N–H and O–H groups in total. The standard InChI is InChI=1S/C17H26N4O5/c1-24-14-5-4-13(12-15(14)25-2)19-16(22)18-6-7-20-8-10-21(11-9-20)17(23)26-3/h4-5,12H,6-11H2,1-3H3,(H2,18,19,22). The van der Waals surface area contributed by atoms with Crippen molar-refractivity contribution in [2.45, 2.75) is 0 Å². The summed E-state index contributed by atoms with van der Waals surface area (Å²) in [4.78, 5) is 27.3. The molecule has 1 heterocycles. The van der Waals surface area contributed by atoms with Gasteiger partial charge in [-0.15, -0.1) is 0 Å². The molecule has 3 amide bonds. The summed E-state index contributed by atoms with van der Waals surface area (Å²) in [6.45, 7) is 4.00. The molecule has 0 aromatic heterocycles. The zero-order chi connectivity index (χ0) is 18.9. The van der Waals surface area contributed by atoms with Gasteiger partial charge < -0.3 is 29.7 Å². The summed E-state index contributed by atoms with van der Waals surface area (Å²) >= 11 is 0. The van der Waals surface area contributed by atoms with E-state index in [9.17, 15) is 9.59 Å². The molecular formula is C17H26N4O5. The van der Waals surface area contributed by atoms with Crippen LogP contribution in [0.5, 0.6) is 11.5 Å². The highest BCUT2D eigenvalue weighted by atomic mass is 16.5. The first-order valence-electron chi connectivity index (χ1n) is 8.39. The molecule has 9 heteroatoms. The van der Waals surface area contributed by atoms with E-state index >= 15 is 0 Å². The first kappa shape index (κ1) is 19.6. The van der Waals surface area contributed by atoms with Crippen LogP contribution in [-0.4, -0.2) is 82.5 Å². The second kappa shape index (κ2) is 9.71. The molecule has 0 spiro atoms. The Bertz CT molecular complexity index is 617. The predicted octanol–water partition coefficient (Wildman–Crippen LogP) is 1.21. The molecule has 1 aromatic carbocycles. The number of hydrogen-bond acceptors (Lipinski definition) is 6. The fourth-order valence-corrected chi connectivity index (χ4v) is 2.70. The average Bonchev–Trinajstić information content (AvgIpc) is 2.67. The molecule has 0 atom stereocenters. The van der Waals surface area contributed by atoms with Crippen LogP contribution in [0.25, 0.3) is 0 Å². The van der Waals surface area contributed by atoms with E-state index in [4.69, 9.17) is 14.2 Å². The molecule has 1 fully saturated rings. The third kappa shape index (κ3) is 5.41. The monoisotopic (exact) mass is 366 g/mol. The molecule has 0 bridgehead atoms. The summed E-state index contributed by atoms with van der Waals surface area (Å²) in [6.07, 6.45) is -0.294. The van der Waals surface area contributed by atoms with Crippen molar-refractivity contribution in [2.75, 3.05) is 65.9 Å². The Hall–Kier alpha value is -2.68. The van der Waals surface area contributed by atoms with Gasteiger partial charge in [0, 0.05) is 51.0 Å². The summed E-state index contributed by atoms with van der Waals surface area (Å²) in [5.74, 6) is 1.15. The van der Waals surface area contributed by atoms with Crippen molar-refractivity contribution < 1.29 is 23.8 Å². The maximum atomic E-state index is 12.0. The van der Waals surface area contributed by atoms with Crippen LogP contribution in [-0.2, 0) is 4.74 Å². The minimum atomic E-state index is -0.294. The van der Waals surface area contributed by atoms with E-state index in [0.29, 0.717) is 43.4 Å². The number of nitrogens with zero attached hydrogens (tertiary/aromatic N) is 2. The van der Waals surface area contributed by atoms with E-state index in [2.05, 4.69) is 15.5 Å². The van der Waals surface area contributed by atoms with Crippen molar-refractivity contribution in [2.24, 2.45) is 0 Å².